The average molecular weight is 346 g/mol. The molecule has 26 heavy (non-hydrogen) atoms. The Kier molecular flexibility index (Phi) is 4.23. The number of nitrogens with zero attached hydrogens (tertiary/aromatic N) is 4. The molecule has 0 fully saturated rings. The van der Waals surface area contributed by atoms with E-state index in [9.17, 15) is 0 Å². The Morgan fingerprint density at radius 1 is 1.04 bits per heavy atom. The van der Waals surface area contributed by atoms with Gasteiger partial charge in [-0.3, -0.25) is 4.68 Å². The fourth-order valence-electron chi connectivity index (χ4n) is 2.84. The third-order valence-electron chi connectivity index (χ3n) is 4.22. The van der Waals surface area contributed by atoms with Gasteiger partial charge in [0.1, 0.15) is 5.75 Å². The van der Waals surface area contributed by atoms with Crippen LogP contribution in [0.2, 0.25) is 0 Å². The molecule has 0 amide bonds. The molecule has 0 N–H and O–H groups in total. The van der Waals surface area contributed by atoms with Gasteiger partial charge in [0, 0.05) is 24.4 Å². The Morgan fingerprint density at radius 3 is 2.58 bits per heavy atom. The van der Waals surface area contributed by atoms with Gasteiger partial charge in [-0.1, -0.05) is 35.5 Å². The molecule has 0 radical (unpaired) electrons. The Bertz CT molecular complexity index is 1020. The molecule has 2 aromatic heterocycles. The van der Waals surface area contributed by atoms with Crippen molar-refractivity contribution in [1.29, 1.82) is 0 Å². The first-order chi connectivity index (χ1) is 12.7. The second-order valence-electron chi connectivity index (χ2n) is 5.96. The highest BCUT2D eigenvalue weighted by atomic mass is 16.5. The third-order valence-corrected chi connectivity index (χ3v) is 4.22. The lowest BCUT2D eigenvalue weighted by atomic mass is 10.1. The van der Waals surface area contributed by atoms with Crippen LogP contribution in [0.25, 0.3) is 22.6 Å². The third kappa shape index (κ3) is 3.21. The van der Waals surface area contributed by atoms with Gasteiger partial charge in [0.15, 0.2) is 0 Å². The van der Waals surface area contributed by atoms with Gasteiger partial charge in [-0.25, -0.2) is 0 Å². The van der Waals surface area contributed by atoms with Crippen LogP contribution in [0.4, 0.5) is 0 Å². The highest BCUT2D eigenvalue weighted by molar-refractivity contribution is 5.67. The van der Waals surface area contributed by atoms with Crippen LogP contribution >= 0.6 is 0 Å². The summed E-state index contributed by atoms with van der Waals surface area (Å²) in [5, 5.41) is 8.34. The topological polar surface area (TPSA) is 66.0 Å². The van der Waals surface area contributed by atoms with Crippen LogP contribution in [0.1, 0.15) is 11.5 Å². The zero-order chi connectivity index (χ0) is 17.9. The molecule has 6 heteroatoms. The summed E-state index contributed by atoms with van der Waals surface area (Å²) < 4.78 is 12.4. The van der Waals surface area contributed by atoms with E-state index in [0.29, 0.717) is 18.1 Å². The molecule has 130 valence electrons. The summed E-state index contributed by atoms with van der Waals surface area (Å²) >= 11 is 0. The number of hydrogen-bond acceptors (Lipinski definition) is 5. The van der Waals surface area contributed by atoms with Crippen LogP contribution in [0, 0.1) is 0 Å². The van der Waals surface area contributed by atoms with E-state index in [1.54, 1.807) is 13.3 Å². The molecule has 0 bridgehead atoms. The van der Waals surface area contributed by atoms with E-state index in [2.05, 4.69) is 15.2 Å². The van der Waals surface area contributed by atoms with E-state index in [-0.39, 0.29) is 0 Å². The van der Waals surface area contributed by atoms with Gasteiger partial charge in [0.2, 0.25) is 11.7 Å². The van der Waals surface area contributed by atoms with Crippen LogP contribution < -0.4 is 4.74 Å². The SMILES string of the molecule is COc1ccc(Cc2nc(-c3cccc(-c4ccnn4C)c3)no2)cc1. The molecular weight excluding hydrogens is 328 g/mol. The van der Waals surface area contributed by atoms with Crippen molar-refractivity contribution in [2.24, 2.45) is 7.05 Å². The standard InChI is InChI=1S/C20H18N4O2/c1-24-18(10-11-21-24)15-4-3-5-16(13-15)20-22-19(26-23-20)12-14-6-8-17(25-2)9-7-14/h3-11,13H,12H2,1-2H3. The number of hydrogen-bond donors (Lipinski definition) is 0. The molecular formula is C20H18N4O2. The highest BCUT2D eigenvalue weighted by Gasteiger charge is 2.11. The van der Waals surface area contributed by atoms with Crippen molar-refractivity contribution < 1.29 is 9.26 Å². The van der Waals surface area contributed by atoms with Crippen molar-refractivity contribution in [3.63, 3.8) is 0 Å². The minimum Gasteiger partial charge on any atom is -0.497 e. The maximum atomic E-state index is 5.42. The number of aromatic nitrogens is 4. The van der Waals surface area contributed by atoms with Crippen molar-refractivity contribution in [1.82, 2.24) is 19.9 Å². The van der Waals surface area contributed by atoms with Gasteiger partial charge in [-0.15, -0.1) is 0 Å². The summed E-state index contributed by atoms with van der Waals surface area (Å²) in [6.45, 7) is 0. The molecule has 6 nitrogen and oxygen atoms in total. The monoisotopic (exact) mass is 346 g/mol. The fraction of sp³-hybridized carbons (Fsp3) is 0.150. The van der Waals surface area contributed by atoms with E-state index >= 15 is 0 Å². The lowest BCUT2D eigenvalue weighted by molar-refractivity contribution is 0.385. The smallest absolute Gasteiger partial charge is 0.231 e. The van der Waals surface area contributed by atoms with Crippen molar-refractivity contribution in [3.8, 4) is 28.4 Å². The number of aryl methyl sites for hydroxylation is 1. The Labute approximate surface area is 151 Å². The minimum absolute atomic E-state index is 0.580. The maximum Gasteiger partial charge on any atom is 0.231 e. The largest absolute Gasteiger partial charge is 0.497 e. The predicted molar refractivity (Wildman–Crippen MR) is 97.7 cm³/mol. The van der Waals surface area contributed by atoms with Crippen LogP contribution in [0.15, 0.2) is 65.3 Å². The summed E-state index contributed by atoms with van der Waals surface area (Å²) in [6, 6.07) is 17.8. The molecule has 0 aliphatic heterocycles. The predicted octanol–water partition coefficient (Wildman–Crippen LogP) is 3.74. The van der Waals surface area contributed by atoms with Gasteiger partial charge in [0.05, 0.1) is 19.2 Å². The van der Waals surface area contributed by atoms with Crippen LogP contribution in [-0.4, -0.2) is 27.0 Å². The fourth-order valence-corrected chi connectivity index (χ4v) is 2.84. The van der Waals surface area contributed by atoms with E-state index < -0.39 is 0 Å². The van der Waals surface area contributed by atoms with Crippen molar-refractivity contribution >= 4 is 0 Å². The van der Waals surface area contributed by atoms with Gasteiger partial charge in [-0.2, -0.15) is 10.1 Å². The molecule has 4 rings (SSSR count). The number of benzene rings is 2. The van der Waals surface area contributed by atoms with Crippen LogP contribution in [0.3, 0.4) is 0 Å². The minimum atomic E-state index is 0.580. The normalized spacial score (nSPS) is 10.8. The number of ether oxygens (including phenoxy) is 1. The van der Waals surface area contributed by atoms with Crippen molar-refractivity contribution in [2.75, 3.05) is 7.11 Å². The molecule has 0 aliphatic rings. The molecule has 0 unspecified atom stereocenters. The second-order valence-corrected chi connectivity index (χ2v) is 5.96. The van der Waals surface area contributed by atoms with Gasteiger partial charge >= 0.3 is 0 Å². The molecule has 0 spiro atoms. The van der Waals surface area contributed by atoms with Crippen LogP contribution in [-0.2, 0) is 13.5 Å². The Balaban J connectivity index is 1.57. The second kappa shape index (κ2) is 6.84. The molecule has 0 atom stereocenters. The van der Waals surface area contributed by atoms with E-state index in [1.807, 2.05) is 66.3 Å². The quantitative estimate of drug-likeness (QED) is 0.551. The molecule has 2 heterocycles. The first-order valence-electron chi connectivity index (χ1n) is 8.27. The Morgan fingerprint density at radius 2 is 1.85 bits per heavy atom. The van der Waals surface area contributed by atoms with Crippen molar-refractivity contribution in [3.05, 3.63) is 72.2 Å². The average Bonchev–Trinajstić information content (AvgIpc) is 3.31. The molecule has 2 aromatic carbocycles. The first kappa shape index (κ1) is 16.1. The summed E-state index contributed by atoms with van der Waals surface area (Å²) in [4.78, 5) is 4.53. The molecule has 0 aliphatic carbocycles. The summed E-state index contributed by atoms with van der Waals surface area (Å²) in [7, 11) is 3.57. The van der Waals surface area contributed by atoms with E-state index in [1.165, 1.54) is 0 Å². The zero-order valence-electron chi connectivity index (χ0n) is 14.6. The first-order valence-corrected chi connectivity index (χ1v) is 8.27. The highest BCUT2D eigenvalue weighted by Crippen LogP contribution is 2.24. The molecule has 0 saturated carbocycles. The van der Waals surface area contributed by atoms with Gasteiger partial charge < -0.3 is 9.26 Å². The maximum absolute atomic E-state index is 5.42. The summed E-state index contributed by atoms with van der Waals surface area (Å²) in [6.07, 6.45) is 2.36. The molecule has 0 saturated heterocycles. The van der Waals surface area contributed by atoms with Crippen molar-refractivity contribution in [2.45, 2.75) is 6.42 Å². The van der Waals surface area contributed by atoms with E-state index in [4.69, 9.17) is 9.26 Å². The lowest BCUT2D eigenvalue weighted by Crippen LogP contribution is -1.93. The summed E-state index contributed by atoms with van der Waals surface area (Å²) in [5.74, 6) is 1.99. The molecule has 4 aromatic rings. The van der Waals surface area contributed by atoms with E-state index in [0.717, 1.165) is 28.1 Å². The summed E-state index contributed by atoms with van der Waals surface area (Å²) in [5.41, 5.74) is 4.09. The lowest BCUT2D eigenvalue weighted by Gasteiger charge is -2.03. The Hall–Kier alpha value is -3.41. The zero-order valence-corrected chi connectivity index (χ0v) is 14.6. The van der Waals surface area contributed by atoms with Gasteiger partial charge in [-0.05, 0) is 29.8 Å². The van der Waals surface area contributed by atoms with Crippen LogP contribution in [0.5, 0.6) is 5.75 Å². The number of rotatable bonds is 5. The van der Waals surface area contributed by atoms with Gasteiger partial charge in [0.25, 0.3) is 0 Å². The number of methoxy groups -OCH3 is 1.